The molecule has 2 heterocycles. The van der Waals surface area contributed by atoms with E-state index < -0.39 is 0 Å². The standard InChI is InChI=1S/C14H16N4/c1-7-4-8(2)13-10(5-7)16-9(3)14(13)11-6-12(15)18-17-11/h4-6,16H,1-3H3,(H3,15,17,18). The van der Waals surface area contributed by atoms with Crippen LogP contribution in [0.2, 0.25) is 0 Å². The first-order valence-electron chi connectivity index (χ1n) is 5.97. The minimum atomic E-state index is 0.517. The summed E-state index contributed by atoms with van der Waals surface area (Å²) < 4.78 is 0. The third kappa shape index (κ3) is 1.49. The second-order valence-electron chi connectivity index (χ2n) is 4.84. The number of nitrogen functional groups attached to an aromatic ring is 1. The maximum Gasteiger partial charge on any atom is 0.145 e. The van der Waals surface area contributed by atoms with Gasteiger partial charge in [0.25, 0.3) is 0 Å². The molecule has 0 fully saturated rings. The molecule has 1 aromatic carbocycles. The first-order valence-corrected chi connectivity index (χ1v) is 5.97. The number of nitrogens with one attached hydrogen (secondary N) is 2. The molecular formula is C14H16N4. The van der Waals surface area contributed by atoms with Gasteiger partial charge in [0.2, 0.25) is 0 Å². The van der Waals surface area contributed by atoms with Crippen molar-refractivity contribution in [3.63, 3.8) is 0 Å². The highest BCUT2D eigenvalue weighted by Gasteiger charge is 2.14. The first kappa shape index (κ1) is 10.9. The van der Waals surface area contributed by atoms with E-state index in [0.717, 1.165) is 22.5 Å². The molecule has 0 aliphatic carbocycles. The van der Waals surface area contributed by atoms with Crippen molar-refractivity contribution in [2.45, 2.75) is 20.8 Å². The fourth-order valence-electron chi connectivity index (χ4n) is 2.65. The molecule has 0 aliphatic heterocycles. The molecule has 18 heavy (non-hydrogen) atoms. The lowest BCUT2D eigenvalue weighted by Crippen LogP contribution is -1.83. The fraction of sp³-hybridized carbons (Fsp3) is 0.214. The van der Waals surface area contributed by atoms with E-state index in [4.69, 9.17) is 5.73 Å². The molecule has 0 radical (unpaired) electrons. The number of benzene rings is 1. The summed E-state index contributed by atoms with van der Waals surface area (Å²) in [5, 5.41) is 8.23. The van der Waals surface area contributed by atoms with Gasteiger partial charge in [0.1, 0.15) is 5.82 Å². The Labute approximate surface area is 105 Å². The van der Waals surface area contributed by atoms with Crippen LogP contribution in [-0.4, -0.2) is 15.2 Å². The summed E-state index contributed by atoms with van der Waals surface area (Å²) in [6, 6.07) is 6.23. The number of rotatable bonds is 1. The highest BCUT2D eigenvalue weighted by molar-refractivity contribution is 5.99. The van der Waals surface area contributed by atoms with Gasteiger partial charge in [0.15, 0.2) is 0 Å². The van der Waals surface area contributed by atoms with E-state index in [1.54, 1.807) is 0 Å². The average molecular weight is 240 g/mol. The van der Waals surface area contributed by atoms with Crippen LogP contribution in [0.3, 0.4) is 0 Å². The molecule has 0 saturated carbocycles. The van der Waals surface area contributed by atoms with Crippen molar-refractivity contribution in [3.05, 3.63) is 35.0 Å². The second kappa shape index (κ2) is 3.63. The molecule has 4 heteroatoms. The lowest BCUT2D eigenvalue weighted by molar-refractivity contribution is 1.10. The molecule has 92 valence electrons. The van der Waals surface area contributed by atoms with E-state index in [1.807, 2.05) is 6.07 Å². The third-order valence-electron chi connectivity index (χ3n) is 3.29. The zero-order chi connectivity index (χ0) is 12.9. The highest BCUT2D eigenvalue weighted by Crippen LogP contribution is 2.34. The molecule has 0 unspecified atom stereocenters. The van der Waals surface area contributed by atoms with Crippen molar-refractivity contribution in [3.8, 4) is 11.3 Å². The molecule has 0 bridgehead atoms. The predicted octanol–water partition coefficient (Wildman–Crippen LogP) is 3.07. The summed E-state index contributed by atoms with van der Waals surface area (Å²) in [6.45, 7) is 6.31. The zero-order valence-corrected chi connectivity index (χ0v) is 10.8. The van der Waals surface area contributed by atoms with Gasteiger partial charge in [-0.15, -0.1) is 0 Å². The number of aromatic amines is 2. The van der Waals surface area contributed by atoms with Crippen molar-refractivity contribution in [2.75, 3.05) is 5.73 Å². The van der Waals surface area contributed by atoms with Crippen LogP contribution in [0.1, 0.15) is 16.8 Å². The molecule has 4 N–H and O–H groups in total. The van der Waals surface area contributed by atoms with Gasteiger partial charge in [-0.2, -0.15) is 5.10 Å². The maximum atomic E-state index is 5.69. The molecule has 0 amide bonds. The molecule has 4 nitrogen and oxygen atoms in total. The van der Waals surface area contributed by atoms with Gasteiger partial charge >= 0.3 is 0 Å². The summed E-state index contributed by atoms with van der Waals surface area (Å²) in [4.78, 5) is 3.43. The summed E-state index contributed by atoms with van der Waals surface area (Å²) in [7, 11) is 0. The largest absolute Gasteiger partial charge is 0.382 e. The monoisotopic (exact) mass is 240 g/mol. The van der Waals surface area contributed by atoms with E-state index >= 15 is 0 Å². The Morgan fingerprint density at radius 2 is 1.89 bits per heavy atom. The van der Waals surface area contributed by atoms with Gasteiger partial charge in [-0.1, -0.05) is 6.07 Å². The summed E-state index contributed by atoms with van der Waals surface area (Å²) in [5.41, 5.74) is 12.6. The molecule has 0 saturated heterocycles. The average Bonchev–Trinajstić information content (AvgIpc) is 2.81. The third-order valence-corrected chi connectivity index (χ3v) is 3.29. The minimum absolute atomic E-state index is 0.517. The van der Waals surface area contributed by atoms with Crippen molar-refractivity contribution >= 4 is 16.7 Å². The van der Waals surface area contributed by atoms with E-state index in [9.17, 15) is 0 Å². The number of aryl methyl sites for hydroxylation is 3. The first-order chi connectivity index (χ1) is 8.56. The van der Waals surface area contributed by atoms with Crippen LogP contribution in [-0.2, 0) is 0 Å². The normalized spacial score (nSPS) is 11.3. The van der Waals surface area contributed by atoms with Gasteiger partial charge in [-0.3, -0.25) is 5.10 Å². The fourth-order valence-corrected chi connectivity index (χ4v) is 2.65. The van der Waals surface area contributed by atoms with Gasteiger partial charge < -0.3 is 10.7 Å². The van der Waals surface area contributed by atoms with Crippen molar-refractivity contribution in [2.24, 2.45) is 0 Å². The number of nitrogens with zero attached hydrogens (tertiary/aromatic N) is 1. The van der Waals surface area contributed by atoms with Gasteiger partial charge in [-0.05, 0) is 38.0 Å². The number of H-pyrrole nitrogens is 2. The summed E-state index contributed by atoms with van der Waals surface area (Å²) >= 11 is 0. The quantitative estimate of drug-likeness (QED) is 0.611. The molecular weight excluding hydrogens is 224 g/mol. The molecule has 2 aromatic heterocycles. The van der Waals surface area contributed by atoms with Crippen LogP contribution >= 0.6 is 0 Å². The van der Waals surface area contributed by atoms with Crippen LogP contribution in [0.15, 0.2) is 18.2 Å². The Morgan fingerprint density at radius 1 is 1.11 bits per heavy atom. The number of hydrogen-bond acceptors (Lipinski definition) is 2. The Hall–Kier alpha value is -2.23. The van der Waals surface area contributed by atoms with Crippen LogP contribution in [0, 0.1) is 20.8 Å². The Balaban J connectivity index is 2.38. The SMILES string of the molecule is Cc1cc(C)c2c(-c3cc(N)n[nH]3)c(C)[nH]c2c1. The number of aromatic nitrogens is 3. The Bertz CT molecular complexity index is 734. The number of hydrogen-bond donors (Lipinski definition) is 3. The van der Waals surface area contributed by atoms with Crippen molar-refractivity contribution < 1.29 is 0 Å². The van der Waals surface area contributed by atoms with Crippen LogP contribution < -0.4 is 5.73 Å². The van der Waals surface area contributed by atoms with Gasteiger partial charge in [0, 0.05) is 28.2 Å². The molecule has 0 spiro atoms. The van der Waals surface area contributed by atoms with Gasteiger partial charge in [-0.25, -0.2) is 0 Å². The summed E-state index contributed by atoms with van der Waals surface area (Å²) in [5.74, 6) is 0.517. The second-order valence-corrected chi connectivity index (χ2v) is 4.84. The van der Waals surface area contributed by atoms with Crippen LogP contribution in [0.5, 0.6) is 0 Å². The zero-order valence-electron chi connectivity index (χ0n) is 10.8. The highest BCUT2D eigenvalue weighted by atomic mass is 15.2. The topological polar surface area (TPSA) is 70.5 Å². The number of anilines is 1. The molecule has 3 rings (SSSR count). The Kier molecular flexibility index (Phi) is 2.20. The van der Waals surface area contributed by atoms with E-state index in [0.29, 0.717) is 5.82 Å². The Morgan fingerprint density at radius 3 is 2.56 bits per heavy atom. The van der Waals surface area contributed by atoms with Crippen LogP contribution in [0.4, 0.5) is 5.82 Å². The molecule has 0 aliphatic rings. The minimum Gasteiger partial charge on any atom is -0.382 e. The van der Waals surface area contributed by atoms with E-state index in [2.05, 4.69) is 48.1 Å². The van der Waals surface area contributed by atoms with E-state index in [1.165, 1.54) is 16.5 Å². The predicted molar refractivity (Wildman–Crippen MR) is 74.5 cm³/mol. The summed E-state index contributed by atoms with van der Waals surface area (Å²) in [6.07, 6.45) is 0. The van der Waals surface area contributed by atoms with Crippen molar-refractivity contribution in [1.29, 1.82) is 0 Å². The van der Waals surface area contributed by atoms with E-state index in [-0.39, 0.29) is 0 Å². The van der Waals surface area contributed by atoms with Crippen LogP contribution in [0.25, 0.3) is 22.2 Å². The van der Waals surface area contributed by atoms with Crippen molar-refractivity contribution in [1.82, 2.24) is 15.2 Å². The molecule has 3 aromatic rings. The van der Waals surface area contributed by atoms with Gasteiger partial charge in [0.05, 0.1) is 5.69 Å². The smallest absolute Gasteiger partial charge is 0.145 e. The number of nitrogens with two attached hydrogens (primary N) is 1. The number of fused-ring (bicyclic) bond motifs is 1. The lowest BCUT2D eigenvalue weighted by Gasteiger charge is -2.02. The maximum absolute atomic E-state index is 5.69. The molecule has 0 atom stereocenters. The lowest BCUT2D eigenvalue weighted by atomic mass is 10.0.